The summed E-state index contributed by atoms with van der Waals surface area (Å²) in [6.07, 6.45) is 5.56. The van der Waals surface area contributed by atoms with Gasteiger partial charge < -0.3 is 18.9 Å². The minimum absolute atomic E-state index is 0. The molecule has 2 heterocycles. The van der Waals surface area contributed by atoms with Crippen molar-refractivity contribution < 1.29 is 81.9 Å². The molecule has 0 spiro atoms. The molecule has 0 fully saturated rings. The van der Waals surface area contributed by atoms with Gasteiger partial charge in [0, 0.05) is 43.3 Å². The second-order valence-electron chi connectivity index (χ2n) is 9.40. The van der Waals surface area contributed by atoms with Gasteiger partial charge in [0.25, 0.3) is 5.82 Å². The third-order valence-electron chi connectivity index (χ3n) is 6.62. The molecule has 0 atom stereocenters. The van der Waals surface area contributed by atoms with E-state index in [1.807, 2.05) is 33.0 Å². The number of aryl methyl sites for hydroxylation is 2. The zero-order chi connectivity index (χ0) is 30.3. The van der Waals surface area contributed by atoms with Gasteiger partial charge in [-0.2, -0.15) is 0 Å². The summed E-state index contributed by atoms with van der Waals surface area (Å²) in [6, 6.07) is 6.77. The topological polar surface area (TPSA) is 130 Å². The molecular formula is C25H25Cl4KN4O6S2. The fourth-order valence-corrected chi connectivity index (χ4v) is 6.37. The van der Waals surface area contributed by atoms with Gasteiger partial charge in [-0.05, 0) is 31.1 Å². The molecule has 4 rings (SSSR count). The van der Waals surface area contributed by atoms with Gasteiger partial charge in [-0.1, -0.05) is 52.5 Å². The second-order valence-corrected chi connectivity index (χ2v) is 14.1. The average molecular weight is 723 g/mol. The number of aromatic nitrogens is 2. The van der Waals surface area contributed by atoms with Crippen LogP contribution in [0.3, 0.4) is 0 Å². The molecule has 0 radical (unpaired) electrons. The maximum absolute atomic E-state index is 11.2. The molecule has 10 nitrogen and oxygen atoms in total. The van der Waals surface area contributed by atoms with Crippen molar-refractivity contribution in [1.29, 1.82) is 0 Å². The SMILES string of the molecule is CN1C(=CC=Cc2n(CCCS(=O)(=O)[O-])c3cc(Cl)c(Cl)cc3[n+]2C)N(CCCS(=O)(=O)[O-])c2cc(Cl)c(Cl)cc21.[K+]. The average Bonchev–Trinajstić information content (AvgIpc) is 3.24. The molecule has 1 aliphatic rings. The second kappa shape index (κ2) is 14.4. The van der Waals surface area contributed by atoms with Gasteiger partial charge in [-0.15, -0.1) is 0 Å². The number of hydrogen-bond acceptors (Lipinski definition) is 8. The zero-order valence-corrected chi connectivity index (χ0v) is 30.6. The smallest absolute Gasteiger partial charge is 0.748 e. The van der Waals surface area contributed by atoms with Crippen LogP contribution in [0.2, 0.25) is 20.1 Å². The minimum Gasteiger partial charge on any atom is -0.748 e. The van der Waals surface area contributed by atoms with Crippen molar-refractivity contribution in [3.8, 4) is 0 Å². The summed E-state index contributed by atoms with van der Waals surface area (Å²) in [4.78, 5) is 3.71. The van der Waals surface area contributed by atoms with E-state index in [1.54, 1.807) is 42.5 Å². The van der Waals surface area contributed by atoms with Crippen LogP contribution in [0.15, 0.2) is 42.2 Å². The van der Waals surface area contributed by atoms with Crippen LogP contribution < -0.4 is 65.8 Å². The van der Waals surface area contributed by atoms with Crippen LogP contribution in [-0.4, -0.2) is 55.6 Å². The number of imidazole rings is 1. The fraction of sp³-hybridized carbons (Fsp3) is 0.320. The van der Waals surface area contributed by atoms with Gasteiger partial charge in [0.15, 0.2) is 11.0 Å². The van der Waals surface area contributed by atoms with Crippen molar-refractivity contribution in [3.63, 3.8) is 0 Å². The molecule has 1 aliphatic heterocycles. The van der Waals surface area contributed by atoms with Crippen LogP contribution in [0.1, 0.15) is 18.7 Å². The normalized spacial score (nSPS) is 14.8. The Balaban J connectivity index is 0.00000484. The van der Waals surface area contributed by atoms with Gasteiger partial charge in [-0.3, -0.25) is 0 Å². The number of rotatable bonds is 10. The molecule has 17 heteroatoms. The van der Waals surface area contributed by atoms with Crippen molar-refractivity contribution in [2.75, 3.05) is 34.9 Å². The van der Waals surface area contributed by atoms with E-state index in [4.69, 9.17) is 46.4 Å². The van der Waals surface area contributed by atoms with Gasteiger partial charge >= 0.3 is 51.4 Å². The van der Waals surface area contributed by atoms with Crippen LogP contribution in [0.25, 0.3) is 17.1 Å². The maximum atomic E-state index is 11.2. The Morgan fingerprint density at radius 3 is 1.95 bits per heavy atom. The van der Waals surface area contributed by atoms with Crippen molar-refractivity contribution in [2.24, 2.45) is 7.05 Å². The van der Waals surface area contributed by atoms with Crippen LogP contribution >= 0.6 is 46.4 Å². The third kappa shape index (κ3) is 8.45. The molecule has 1 aromatic heterocycles. The van der Waals surface area contributed by atoms with E-state index in [2.05, 4.69) is 0 Å². The summed E-state index contributed by atoms with van der Waals surface area (Å²) in [5.41, 5.74) is 2.89. The molecule has 0 aliphatic carbocycles. The monoisotopic (exact) mass is 720 g/mol. The molecule has 0 unspecified atom stereocenters. The summed E-state index contributed by atoms with van der Waals surface area (Å²) in [5.74, 6) is 0.304. The molecule has 0 saturated heterocycles. The number of allylic oxidation sites excluding steroid dienone is 2. The van der Waals surface area contributed by atoms with Crippen molar-refractivity contribution in [2.45, 2.75) is 19.4 Å². The van der Waals surface area contributed by atoms with Gasteiger partial charge in [0.1, 0.15) is 5.82 Å². The van der Waals surface area contributed by atoms with E-state index in [-0.39, 0.29) is 77.3 Å². The number of nitrogens with zero attached hydrogens (tertiary/aromatic N) is 4. The molecule has 0 saturated carbocycles. The van der Waals surface area contributed by atoms with Crippen LogP contribution in [-0.2, 0) is 33.8 Å². The van der Waals surface area contributed by atoms with Gasteiger partial charge in [-0.25, -0.2) is 26.0 Å². The first kappa shape index (κ1) is 36.1. The number of anilines is 2. The molecule has 0 amide bonds. The predicted molar refractivity (Wildman–Crippen MR) is 161 cm³/mol. The Kier molecular flexibility index (Phi) is 12.3. The first-order valence-corrected chi connectivity index (χ1v) is 16.9. The van der Waals surface area contributed by atoms with Crippen molar-refractivity contribution in [3.05, 3.63) is 68.2 Å². The van der Waals surface area contributed by atoms with E-state index < -0.39 is 31.7 Å². The van der Waals surface area contributed by atoms with E-state index in [1.165, 1.54) is 0 Å². The van der Waals surface area contributed by atoms with Gasteiger partial charge in [0.05, 0.1) is 65.3 Å². The Bertz CT molecular complexity index is 1800. The molecule has 0 N–H and O–H groups in total. The summed E-state index contributed by atoms with van der Waals surface area (Å²) in [7, 11) is -5.15. The molecule has 0 bridgehead atoms. The number of halogens is 4. The number of hydrogen-bond donors (Lipinski definition) is 0. The summed E-state index contributed by atoms with van der Waals surface area (Å²) in [6.45, 7) is 0.455. The van der Waals surface area contributed by atoms with Crippen LogP contribution in [0, 0.1) is 0 Å². The van der Waals surface area contributed by atoms with Crippen LogP contribution in [0.5, 0.6) is 0 Å². The maximum Gasteiger partial charge on any atom is 1.00 e. The molecule has 222 valence electrons. The van der Waals surface area contributed by atoms with Crippen molar-refractivity contribution in [1.82, 2.24) is 4.57 Å². The fourth-order valence-electron chi connectivity index (χ4n) is 4.77. The van der Waals surface area contributed by atoms with E-state index in [0.29, 0.717) is 42.9 Å². The summed E-state index contributed by atoms with van der Waals surface area (Å²) in [5, 5.41) is 1.35. The van der Waals surface area contributed by atoms with Crippen molar-refractivity contribution >= 4 is 95.1 Å². The zero-order valence-electron chi connectivity index (χ0n) is 22.9. The van der Waals surface area contributed by atoms with E-state index >= 15 is 0 Å². The van der Waals surface area contributed by atoms with E-state index in [0.717, 1.165) is 11.2 Å². The van der Waals surface area contributed by atoms with E-state index in [9.17, 15) is 25.9 Å². The number of benzene rings is 2. The Hall–Kier alpha value is -0.394. The Morgan fingerprint density at radius 1 is 0.833 bits per heavy atom. The summed E-state index contributed by atoms with van der Waals surface area (Å²) < 4.78 is 71.0. The molecule has 2 aromatic carbocycles. The number of fused-ring (bicyclic) bond motifs is 2. The molecule has 3 aromatic rings. The largest absolute Gasteiger partial charge is 1.00 e. The Morgan fingerprint density at radius 2 is 1.36 bits per heavy atom. The first-order valence-electron chi connectivity index (χ1n) is 12.2. The minimum atomic E-state index is -4.39. The standard InChI is InChI=1S/C25H26Cl4N4O6S2.K/c1-30-20-12-16(26)18(28)14-22(20)32(8-4-10-40(34,35)36)24(30)6-3-7-25-31(2)21-13-17(27)19(29)15-23(21)33(25)9-5-11-41(37,38)39;/h3,6-7,12-15H,4-5,8-11H2,1-2H3,(H-,34,35,36,37,38,39);/q;+1/p-1. The predicted octanol–water partition coefficient (Wildman–Crippen LogP) is 1.76. The van der Waals surface area contributed by atoms with Gasteiger partial charge in [0.2, 0.25) is 0 Å². The Labute approximate surface area is 307 Å². The van der Waals surface area contributed by atoms with Crippen LogP contribution in [0.4, 0.5) is 11.4 Å². The molecule has 42 heavy (non-hydrogen) atoms. The first-order chi connectivity index (χ1) is 19.1. The third-order valence-corrected chi connectivity index (χ3v) is 9.64. The molecular weight excluding hydrogens is 697 g/mol. The summed E-state index contributed by atoms with van der Waals surface area (Å²) >= 11 is 25.1. The quantitative estimate of drug-likeness (QED) is 0.176.